The lowest BCUT2D eigenvalue weighted by Gasteiger charge is -2.23. The van der Waals surface area contributed by atoms with Crippen molar-refractivity contribution in [2.24, 2.45) is 23.0 Å². The van der Waals surface area contributed by atoms with Crippen LogP contribution in [0.3, 0.4) is 0 Å². The number of nitrogens with two attached hydrogens (primary N) is 1. The van der Waals surface area contributed by atoms with Gasteiger partial charge in [0.25, 0.3) is 0 Å². The molecule has 2 heteroatoms. The Balaban J connectivity index is 1.93. The molecule has 1 saturated heterocycles. The summed E-state index contributed by atoms with van der Waals surface area (Å²) in [6, 6.07) is 0.421. The second kappa shape index (κ2) is 2.71. The normalized spacial score (nSPS) is 45.8. The van der Waals surface area contributed by atoms with E-state index < -0.39 is 0 Å². The molecule has 2 nitrogen and oxygen atoms in total. The van der Waals surface area contributed by atoms with Gasteiger partial charge in [-0.3, -0.25) is 0 Å². The molecule has 2 N–H and O–H groups in total. The van der Waals surface area contributed by atoms with Gasteiger partial charge in [-0.1, -0.05) is 13.8 Å². The molecule has 1 aliphatic carbocycles. The van der Waals surface area contributed by atoms with E-state index in [1.165, 1.54) is 12.8 Å². The summed E-state index contributed by atoms with van der Waals surface area (Å²) >= 11 is 0. The Kier molecular flexibility index (Phi) is 1.92. The third kappa shape index (κ3) is 1.17. The van der Waals surface area contributed by atoms with E-state index in [-0.39, 0.29) is 0 Å². The number of ether oxygens (including phenoxy) is 1. The van der Waals surface area contributed by atoms with Gasteiger partial charge < -0.3 is 10.5 Å². The van der Waals surface area contributed by atoms with Crippen molar-refractivity contribution in [3.63, 3.8) is 0 Å². The molecule has 12 heavy (non-hydrogen) atoms. The van der Waals surface area contributed by atoms with Crippen molar-refractivity contribution < 1.29 is 4.74 Å². The topological polar surface area (TPSA) is 35.2 Å². The van der Waals surface area contributed by atoms with Crippen molar-refractivity contribution in [2.45, 2.75) is 32.7 Å². The van der Waals surface area contributed by atoms with Crippen LogP contribution < -0.4 is 5.73 Å². The van der Waals surface area contributed by atoms with Crippen LogP contribution in [-0.2, 0) is 4.74 Å². The Labute approximate surface area is 74.5 Å². The maximum Gasteiger partial charge on any atom is 0.0497 e. The Morgan fingerprint density at radius 3 is 2.50 bits per heavy atom. The smallest absolute Gasteiger partial charge is 0.0497 e. The van der Waals surface area contributed by atoms with Crippen molar-refractivity contribution in [3.05, 3.63) is 0 Å². The highest BCUT2D eigenvalue weighted by molar-refractivity contribution is 5.11. The first kappa shape index (κ1) is 8.52. The minimum Gasteiger partial charge on any atom is -0.381 e. The molecule has 0 spiro atoms. The van der Waals surface area contributed by atoms with Crippen LogP contribution in [0.25, 0.3) is 0 Å². The summed E-state index contributed by atoms with van der Waals surface area (Å²) < 4.78 is 5.47. The molecule has 0 aromatic heterocycles. The van der Waals surface area contributed by atoms with E-state index in [1.807, 2.05) is 0 Å². The Morgan fingerprint density at radius 2 is 2.08 bits per heavy atom. The molecule has 1 heterocycles. The first-order chi connectivity index (χ1) is 5.64. The van der Waals surface area contributed by atoms with Crippen molar-refractivity contribution >= 4 is 0 Å². The van der Waals surface area contributed by atoms with E-state index in [0.29, 0.717) is 11.5 Å². The average Bonchev–Trinajstić information content (AvgIpc) is 2.53. The molecule has 70 valence electrons. The van der Waals surface area contributed by atoms with Crippen molar-refractivity contribution in [3.8, 4) is 0 Å². The Hall–Kier alpha value is -0.0800. The van der Waals surface area contributed by atoms with Crippen LogP contribution in [-0.4, -0.2) is 19.3 Å². The fraction of sp³-hybridized carbons (Fsp3) is 1.00. The monoisotopic (exact) mass is 169 g/mol. The first-order valence-corrected chi connectivity index (χ1v) is 4.97. The molecular weight excluding hydrogens is 150 g/mol. The second-order valence-electron chi connectivity index (χ2n) is 4.85. The quantitative estimate of drug-likeness (QED) is 0.644. The van der Waals surface area contributed by atoms with Crippen molar-refractivity contribution in [1.29, 1.82) is 0 Å². The lowest BCUT2D eigenvalue weighted by molar-refractivity contribution is 0.0414. The summed E-state index contributed by atoms with van der Waals surface area (Å²) in [6.45, 7) is 6.45. The van der Waals surface area contributed by atoms with E-state index in [0.717, 1.165) is 25.0 Å². The molecule has 1 saturated carbocycles. The summed E-state index contributed by atoms with van der Waals surface area (Å²) in [6.07, 6.45) is 2.55. The first-order valence-electron chi connectivity index (χ1n) is 4.97. The number of hydrogen-bond donors (Lipinski definition) is 1. The summed E-state index contributed by atoms with van der Waals surface area (Å²) in [4.78, 5) is 0. The minimum atomic E-state index is 0.380. The zero-order valence-corrected chi connectivity index (χ0v) is 8.05. The Morgan fingerprint density at radius 1 is 1.42 bits per heavy atom. The molecule has 0 radical (unpaired) electrons. The third-order valence-corrected chi connectivity index (χ3v) is 3.70. The average molecular weight is 169 g/mol. The van der Waals surface area contributed by atoms with Crippen LogP contribution >= 0.6 is 0 Å². The van der Waals surface area contributed by atoms with Gasteiger partial charge in [-0.25, -0.2) is 0 Å². The minimum absolute atomic E-state index is 0.380. The fourth-order valence-electron chi connectivity index (χ4n) is 2.67. The summed E-state index contributed by atoms with van der Waals surface area (Å²) in [7, 11) is 0. The van der Waals surface area contributed by atoms with Gasteiger partial charge in [0.2, 0.25) is 0 Å². The summed E-state index contributed by atoms with van der Waals surface area (Å²) in [5.41, 5.74) is 6.40. The summed E-state index contributed by atoms with van der Waals surface area (Å²) in [5.74, 6) is 1.46. The molecular formula is C10H19NO. The van der Waals surface area contributed by atoms with Crippen LogP contribution in [0.15, 0.2) is 0 Å². The highest BCUT2D eigenvalue weighted by Gasteiger charge is 2.58. The largest absolute Gasteiger partial charge is 0.381 e. The molecule has 0 bridgehead atoms. The predicted molar refractivity (Wildman–Crippen MR) is 48.8 cm³/mol. The van der Waals surface area contributed by atoms with Crippen LogP contribution in [0, 0.1) is 17.3 Å². The molecule has 1 aliphatic heterocycles. The van der Waals surface area contributed by atoms with Crippen LogP contribution in [0.1, 0.15) is 26.7 Å². The van der Waals surface area contributed by atoms with Gasteiger partial charge in [-0.15, -0.1) is 0 Å². The SMILES string of the molecule is CC1(C)[C@H](N)[C@H]1C1CCCOC1. The van der Waals surface area contributed by atoms with Gasteiger partial charge in [-0.05, 0) is 30.1 Å². The standard InChI is InChI=1S/C10H19NO/c1-10(2)8(9(10)11)7-4-3-5-12-6-7/h7-9H,3-6,11H2,1-2H3/t7?,8-,9-/m1/s1. The van der Waals surface area contributed by atoms with Gasteiger partial charge in [-0.2, -0.15) is 0 Å². The lowest BCUT2D eigenvalue weighted by atomic mass is 9.92. The highest BCUT2D eigenvalue weighted by atomic mass is 16.5. The number of hydrogen-bond acceptors (Lipinski definition) is 2. The number of rotatable bonds is 1. The van der Waals surface area contributed by atoms with E-state index >= 15 is 0 Å². The third-order valence-electron chi connectivity index (χ3n) is 3.70. The summed E-state index contributed by atoms with van der Waals surface area (Å²) in [5, 5.41) is 0. The molecule has 0 amide bonds. The van der Waals surface area contributed by atoms with Crippen LogP contribution in [0.2, 0.25) is 0 Å². The van der Waals surface area contributed by atoms with Gasteiger partial charge in [0.1, 0.15) is 0 Å². The zero-order valence-electron chi connectivity index (χ0n) is 8.05. The van der Waals surface area contributed by atoms with Gasteiger partial charge in [0.15, 0.2) is 0 Å². The fourth-order valence-corrected chi connectivity index (χ4v) is 2.67. The molecule has 1 unspecified atom stereocenters. The second-order valence-corrected chi connectivity index (χ2v) is 4.85. The van der Waals surface area contributed by atoms with E-state index in [2.05, 4.69) is 13.8 Å². The predicted octanol–water partition coefficient (Wildman–Crippen LogP) is 1.40. The Bertz CT molecular complexity index is 173. The van der Waals surface area contributed by atoms with Gasteiger partial charge in [0, 0.05) is 19.3 Å². The van der Waals surface area contributed by atoms with Gasteiger partial charge in [0.05, 0.1) is 0 Å². The molecule has 2 rings (SSSR count). The van der Waals surface area contributed by atoms with E-state index in [1.54, 1.807) is 0 Å². The maximum atomic E-state index is 6.02. The van der Waals surface area contributed by atoms with Crippen LogP contribution in [0.5, 0.6) is 0 Å². The van der Waals surface area contributed by atoms with E-state index in [9.17, 15) is 0 Å². The molecule has 2 fully saturated rings. The zero-order chi connectivity index (χ0) is 8.77. The molecule has 0 aromatic carbocycles. The van der Waals surface area contributed by atoms with Crippen molar-refractivity contribution in [2.75, 3.05) is 13.2 Å². The van der Waals surface area contributed by atoms with E-state index in [4.69, 9.17) is 10.5 Å². The lowest BCUT2D eigenvalue weighted by Crippen LogP contribution is -2.22. The molecule has 0 aromatic rings. The molecule has 2 aliphatic rings. The highest BCUT2D eigenvalue weighted by Crippen LogP contribution is 2.55. The maximum absolute atomic E-state index is 6.02. The molecule has 3 atom stereocenters. The van der Waals surface area contributed by atoms with Crippen LogP contribution in [0.4, 0.5) is 0 Å². The van der Waals surface area contributed by atoms with Crippen molar-refractivity contribution in [1.82, 2.24) is 0 Å². The van der Waals surface area contributed by atoms with Gasteiger partial charge >= 0.3 is 0 Å².